The van der Waals surface area contributed by atoms with Crippen molar-refractivity contribution in [3.63, 3.8) is 0 Å². The molecule has 1 aliphatic rings. The van der Waals surface area contributed by atoms with Gasteiger partial charge in [-0.15, -0.1) is 0 Å². The monoisotopic (exact) mass is 221 g/mol. The van der Waals surface area contributed by atoms with Crippen LogP contribution in [0.3, 0.4) is 0 Å². The quantitative estimate of drug-likeness (QED) is 0.501. The molecule has 0 radical (unpaired) electrons. The van der Waals surface area contributed by atoms with Gasteiger partial charge in [0, 0.05) is 5.56 Å². The Morgan fingerprint density at radius 1 is 1.31 bits per heavy atom. The molecule has 16 heavy (non-hydrogen) atoms. The van der Waals surface area contributed by atoms with Crippen LogP contribution >= 0.6 is 0 Å². The summed E-state index contributed by atoms with van der Waals surface area (Å²) >= 11 is 0. The number of benzene rings is 1. The highest BCUT2D eigenvalue weighted by Crippen LogP contribution is 2.02. The number of hydrogen-bond donors (Lipinski definition) is 4. The average molecular weight is 221 g/mol. The van der Waals surface area contributed by atoms with Crippen molar-refractivity contribution in [3.8, 4) is 0 Å². The minimum absolute atomic E-state index is 0.400. The molecule has 1 aromatic carbocycles. The largest absolute Gasteiger partial charge is 0.374 e. The molecule has 6 nitrogen and oxygen atoms in total. The summed E-state index contributed by atoms with van der Waals surface area (Å²) in [5.74, 6) is -0.861. The van der Waals surface area contributed by atoms with Gasteiger partial charge in [0.05, 0.1) is 0 Å². The lowest BCUT2D eigenvalue weighted by Crippen LogP contribution is -2.46. The average Bonchev–Trinajstić information content (AvgIpc) is 2.62. The van der Waals surface area contributed by atoms with E-state index in [9.17, 15) is 14.7 Å². The van der Waals surface area contributed by atoms with E-state index >= 15 is 0 Å². The van der Waals surface area contributed by atoms with Crippen molar-refractivity contribution >= 4 is 11.8 Å². The van der Waals surface area contributed by atoms with E-state index < -0.39 is 24.1 Å². The van der Waals surface area contributed by atoms with Crippen LogP contribution in [0.2, 0.25) is 0 Å². The molecule has 2 amide bonds. The van der Waals surface area contributed by atoms with Gasteiger partial charge in [-0.25, -0.2) is 5.43 Å². The van der Waals surface area contributed by atoms with E-state index in [1.807, 2.05) is 0 Å². The Morgan fingerprint density at radius 2 is 2.00 bits per heavy atom. The van der Waals surface area contributed by atoms with Crippen LogP contribution in [-0.4, -0.2) is 29.2 Å². The van der Waals surface area contributed by atoms with E-state index in [1.165, 1.54) is 0 Å². The van der Waals surface area contributed by atoms with E-state index in [1.54, 1.807) is 30.3 Å². The van der Waals surface area contributed by atoms with Crippen LogP contribution in [0.1, 0.15) is 10.4 Å². The van der Waals surface area contributed by atoms with Gasteiger partial charge in [-0.1, -0.05) is 18.2 Å². The summed E-state index contributed by atoms with van der Waals surface area (Å²) in [6.45, 7) is 0. The molecule has 1 aromatic rings. The number of hydrogen-bond acceptors (Lipinski definition) is 4. The van der Waals surface area contributed by atoms with Gasteiger partial charge < -0.3 is 10.4 Å². The standard InChI is InChI=1S/C10H11N3O3/c14-8(6-4-2-1-3-5-6)11-7-9(15)12-13-10(7)16/h1-5,7,9,12,15H,(H,11,14)(H,13,16). The Kier molecular flexibility index (Phi) is 2.84. The molecular weight excluding hydrogens is 210 g/mol. The van der Waals surface area contributed by atoms with Gasteiger partial charge in [0.2, 0.25) is 0 Å². The fraction of sp³-hybridized carbons (Fsp3) is 0.200. The van der Waals surface area contributed by atoms with Crippen LogP contribution in [0.5, 0.6) is 0 Å². The van der Waals surface area contributed by atoms with Crippen LogP contribution in [0, 0.1) is 0 Å². The normalized spacial score (nSPS) is 23.9. The van der Waals surface area contributed by atoms with Crippen molar-refractivity contribution in [1.82, 2.24) is 16.2 Å². The van der Waals surface area contributed by atoms with Crippen LogP contribution < -0.4 is 16.2 Å². The molecule has 0 spiro atoms. The fourth-order valence-electron chi connectivity index (χ4n) is 1.41. The van der Waals surface area contributed by atoms with Crippen molar-refractivity contribution in [3.05, 3.63) is 35.9 Å². The maximum atomic E-state index is 11.7. The van der Waals surface area contributed by atoms with Crippen molar-refractivity contribution in [2.45, 2.75) is 12.3 Å². The number of nitrogens with one attached hydrogen (secondary N) is 3. The van der Waals surface area contributed by atoms with Crippen LogP contribution in [0.4, 0.5) is 0 Å². The third kappa shape index (κ3) is 2.02. The number of aliphatic hydroxyl groups is 1. The summed E-state index contributed by atoms with van der Waals surface area (Å²) in [6.07, 6.45) is -1.11. The minimum Gasteiger partial charge on any atom is -0.374 e. The highest BCUT2D eigenvalue weighted by atomic mass is 16.3. The molecule has 2 rings (SSSR count). The predicted molar refractivity (Wildman–Crippen MR) is 55.0 cm³/mol. The van der Waals surface area contributed by atoms with Gasteiger partial charge in [-0.05, 0) is 12.1 Å². The summed E-state index contributed by atoms with van der Waals surface area (Å²) in [7, 11) is 0. The third-order valence-corrected chi connectivity index (χ3v) is 2.26. The van der Waals surface area contributed by atoms with Gasteiger partial charge >= 0.3 is 0 Å². The molecule has 1 aliphatic heterocycles. The second-order valence-electron chi connectivity index (χ2n) is 3.40. The van der Waals surface area contributed by atoms with Gasteiger partial charge in [0.25, 0.3) is 11.8 Å². The molecule has 6 heteroatoms. The summed E-state index contributed by atoms with van der Waals surface area (Å²) in [6, 6.07) is 7.52. The zero-order valence-corrected chi connectivity index (χ0v) is 8.31. The molecule has 4 N–H and O–H groups in total. The number of aliphatic hydroxyl groups excluding tert-OH is 1. The highest BCUT2D eigenvalue weighted by molar-refractivity contribution is 5.98. The molecule has 0 bridgehead atoms. The molecule has 1 saturated heterocycles. The molecule has 1 fully saturated rings. The third-order valence-electron chi connectivity index (χ3n) is 2.26. The number of rotatable bonds is 2. The lowest BCUT2D eigenvalue weighted by atomic mass is 10.2. The van der Waals surface area contributed by atoms with E-state index in [4.69, 9.17) is 0 Å². The topological polar surface area (TPSA) is 90.5 Å². The first-order chi connectivity index (χ1) is 7.68. The Balaban J connectivity index is 2.05. The smallest absolute Gasteiger partial charge is 0.260 e. The van der Waals surface area contributed by atoms with Crippen molar-refractivity contribution in [1.29, 1.82) is 0 Å². The maximum Gasteiger partial charge on any atom is 0.260 e. The first-order valence-electron chi connectivity index (χ1n) is 4.78. The summed E-state index contributed by atoms with van der Waals surface area (Å²) in [4.78, 5) is 22.9. The SMILES string of the molecule is O=C(NC1C(=O)NNC1O)c1ccccc1. The Hall–Kier alpha value is -1.92. The molecule has 0 aromatic heterocycles. The number of carbonyl (C=O) groups is 2. The Labute approximate surface area is 91.6 Å². The van der Waals surface area contributed by atoms with Crippen LogP contribution in [0.25, 0.3) is 0 Å². The summed E-state index contributed by atoms with van der Waals surface area (Å²) < 4.78 is 0. The molecular formula is C10H11N3O3. The molecule has 2 atom stereocenters. The lowest BCUT2D eigenvalue weighted by molar-refractivity contribution is -0.121. The van der Waals surface area contributed by atoms with Crippen LogP contribution in [0.15, 0.2) is 30.3 Å². The number of carbonyl (C=O) groups excluding carboxylic acids is 2. The van der Waals surface area contributed by atoms with Gasteiger partial charge in [0.1, 0.15) is 0 Å². The first kappa shape index (κ1) is 10.6. The van der Waals surface area contributed by atoms with E-state index in [2.05, 4.69) is 16.2 Å². The van der Waals surface area contributed by atoms with E-state index in [0.29, 0.717) is 5.56 Å². The lowest BCUT2D eigenvalue weighted by Gasteiger charge is -2.12. The van der Waals surface area contributed by atoms with Crippen molar-refractivity contribution in [2.24, 2.45) is 0 Å². The summed E-state index contributed by atoms with van der Waals surface area (Å²) in [5, 5.41) is 11.8. The zero-order valence-electron chi connectivity index (χ0n) is 8.31. The Bertz CT molecular complexity index is 407. The van der Waals surface area contributed by atoms with Gasteiger partial charge in [-0.3, -0.25) is 15.0 Å². The van der Waals surface area contributed by atoms with Gasteiger partial charge in [-0.2, -0.15) is 0 Å². The Morgan fingerprint density at radius 3 is 2.56 bits per heavy atom. The molecule has 2 unspecified atom stereocenters. The fourth-order valence-corrected chi connectivity index (χ4v) is 1.41. The number of amides is 2. The molecule has 1 heterocycles. The second kappa shape index (κ2) is 4.30. The highest BCUT2D eigenvalue weighted by Gasteiger charge is 2.34. The van der Waals surface area contributed by atoms with Crippen molar-refractivity contribution in [2.75, 3.05) is 0 Å². The predicted octanol–water partition coefficient (Wildman–Crippen LogP) is -1.26. The summed E-state index contributed by atoms with van der Waals surface area (Å²) in [5.41, 5.74) is 4.98. The zero-order chi connectivity index (χ0) is 11.5. The van der Waals surface area contributed by atoms with Crippen LogP contribution in [-0.2, 0) is 4.79 Å². The molecule has 84 valence electrons. The van der Waals surface area contributed by atoms with E-state index in [0.717, 1.165) is 0 Å². The molecule has 0 saturated carbocycles. The molecule has 0 aliphatic carbocycles. The second-order valence-corrected chi connectivity index (χ2v) is 3.40. The van der Waals surface area contributed by atoms with Crippen molar-refractivity contribution < 1.29 is 14.7 Å². The first-order valence-corrected chi connectivity index (χ1v) is 4.78. The number of hydrazine groups is 1. The van der Waals surface area contributed by atoms with E-state index in [-0.39, 0.29) is 0 Å². The van der Waals surface area contributed by atoms with Gasteiger partial charge in [0.15, 0.2) is 12.3 Å². The maximum absolute atomic E-state index is 11.7. The minimum atomic E-state index is -1.11.